The quantitative estimate of drug-likeness (QED) is 0.503. The van der Waals surface area contributed by atoms with Crippen LogP contribution in [-0.4, -0.2) is 24.5 Å². The van der Waals surface area contributed by atoms with E-state index in [2.05, 4.69) is 22.5 Å². The second-order valence-corrected chi connectivity index (χ2v) is 6.75. The summed E-state index contributed by atoms with van der Waals surface area (Å²) < 4.78 is 6.25. The molecule has 0 spiro atoms. The number of halogens is 1. The molecule has 0 aliphatic carbocycles. The van der Waals surface area contributed by atoms with Gasteiger partial charge in [-0.05, 0) is 35.7 Å². The highest BCUT2D eigenvalue weighted by molar-refractivity contribution is 9.10. The fourth-order valence-corrected chi connectivity index (χ4v) is 3.18. The van der Waals surface area contributed by atoms with E-state index in [0.29, 0.717) is 13.1 Å². The maximum atomic E-state index is 12.5. The van der Waals surface area contributed by atoms with Crippen molar-refractivity contribution >= 4 is 39.2 Å². The SMILES string of the molecule is C=CCN(Cc1cccs1)C(=O)/C=C/c1cc(Br)ccc1OC. The van der Waals surface area contributed by atoms with Crippen LogP contribution in [0, 0.1) is 0 Å². The van der Waals surface area contributed by atoms with Crippen molar-refractivity contribution in [2.24, 2.45) is 0 Å². The summed E-state index contributed by atoms with van der Waals surface area (Å²) in [4.78, 5) is 15.4. The summed E-state index contributed by atoms with van der Waals surface area (Å²) in [6.07, 6.45) is 5.08. The molecule has 3 nitrogen and oxygen atoms in total. The zero-order valence-electron chi connectivity index (χ0n) is 12.9. The number of carbonyl (C=O) groups is 1. The topological polar surface area (TPSA) is 29.5 Å². The van der Waals surface area contributed by atoms with Crippen LogP contribution in [0.2, 0.25) is 0 Å². The molecule has 1 heterocycles. The first-order valence-corrected chi connectivity index (χ1v) is 8.75. The number of hydrogen-bond donors (Lipinski definition) is 0. The van der Waals surface area contributed by atoms with E-state index < -0.39 is 0 Å². The van der Waals surface area contributed by atoms with Crippen molar-refractivity contribution in [2.45, 2.75) is 6.54 Å². The third kappa shape index (κ3) is 5.08. The summed E-state index contributed by atoms with van der Waals surface area (Å²) in [5.74, 6) is 0.672. The lowest BCUT2D eigenvalue weighted by molar-refractivity contribution is -0.126. The molecule has 0 atom stereocenters. The standard InChI is InChI=1S/C18H18BrNO2S/c1-3-10-20(13-16-5-4-11-23-16)18(21)9-6-14-12-15(19)7-8-17(14)22-2/h3-9,11-12H,1,10,13H2,2H3/b9-6+. The number of methoxy groups -OCH3 is 1. The van der Waals surface area contributed by atoms with Gasteiger partial charge < -0.3 is 9.64 Å². The Bertz CT molecular complexity index is 695. The molecule has 0 saturated carbocycles. The average molecular weight is 392 g/mol. The molecular formula is C18H18BrNO2S. The summed E-state index contributed by atoms with van der Waals surface area (Å²) in [7, 11) is 1.61. The van der Waals surface area contributed by atoms with Gasteiger partial charge in [0.05, 0.1) is 13.7 Å². The summed E-state index contributed by atoms with van der Waals surface area (Å²) in [6, 6.07) is 9.69. The van der Waals surface area contributed by atoms with E-state index in [1.165, 1.54) is 0 Å². The summed E-state index contributed by atoms with van der Waals surface area (Å²) in [6.45, 7) is 4.83. The predicted molar refractivity (Wildman–Crippen MR) is 99.7 cm³/mol. The molecule has 0 unspecified atom stereocenters. The maximum Gasteiger partial charge on any atom is 0.247 e. The van der Waals surface area contributed by atoms with Crippen LogP contribution in [0.4, 0.5) is 0 Å². The van der Waals surface area contributed by atoms with Gasteiger partial charge in [-0.3, -0.25) is 4.79 Å². The molecular weight excluding hydrogens is 374 g/mol. The Labute approximate surface area is 149 Å². The average Bonchev–Trinajstić information content (AvgIpc) is 3.05. The molecule has 0 aliphatic heterocycles. The summed E-state index contributed by atoms with van der Waals surface area (Å²) in [5.41, 5.74) is 0.852. The van der Waals surface area contributed by atoms with Crippen LogP contribution in [0.1, 0.15) is 10.4 Å². The molecule has 0 bridgehead atoms. The lowest BCUT2D eigenvalue weighted by Crippen LogP contribution is -2.28. The molecule has 23 heavy (non-hydrogen) atoms. The molecule has 5 heteroatoms. The van der Waals surface area contributed by atoms with Crippen molar-refractivity contribution in [2.75, 3.05) is 13.7 Å². The van der Waals surface area contributed by atoms with Crippen LogP contribution < -0.4 is 4.74 Å². The number of ether oxygens (including phenoxy) is 1. The van der Waals surface area contributed by atoms with Gasteiger partial charge >= 0.3 is 0 Å². The minimum atomic E-state index is -0.0553. The Morgan fingerprint density at radius 1 is 1.43 bits per heavy atom. The van der Waals surface area contributed by atoms with Crippen molar-refractivity contribution in [3.05, 3.63) is 69.4 Å². The van der Waals surface area contributed by atoms with Gasteiger partial charge in [0, 0.05) is 27.5 Å². The number of benzene rings is 1. The van der Waals surface area contributed by atoms with E-state index in [1.54, 1.807) is 41.6 Å². The fraction of sp³-hybridized carbons (Fsp3) is 0.167. The second kappa shape index (κ2) is 8.70. The van der Waals surface area contributed by atoms with Crippen molar-refractivity contribution < 1.29 is 9.53 Å². The first kappa shape index (κ1) is 17.5. The first-order chi connectivity index (χ1) is 11.1. The highest BCUT2D eigenvalue weighted by Crippen LogP contribution is 2.24. The summed E-state index contributed by atoms with van der Waals surface area (Å²) in [5, 5.41) is 2.01. The number of nitrogens with zero attached hydrogens (tertiary/aromatic N) is 1. The number of rotatable bonds is 7. The number of carbonyl (C=O) groups excluding carboxylic acids is 1. The predicted octanol–water partition coefficient (Wildman–Crippen LogP) is 4.75. The molecule has 1 aromatic carbocycles. The van der Waals surface area contributed by atoms with Crippen molar-refractivity contribution in [3.8, 4) is 5.75 Å². The lowest BCUT2D eigenvalue weighted by atomic mass is 10.2. The Morgan fingerprint density at radius 2 is 2.26 bits per heavy atom. The smallest absolute Gasteiger partial charge is 0.247 e. The number of thiophene rings is 1. The van der Waals surface area contributed by atoms with Gasteiger partial charge in [0.15, 0.2) is 0 Å². The molecule has 120 valence electrons. The lowest BCUT2D eigenvalue weighted by Gasteiger charge is -2.18. The second-order valence-electron chi connectivity index (χ2n) is 4.81. The molecule has 0 N–H and O–H groups in total. The molecule has 0 saturated heterocycles. The third-order valence-corrected chi connectivity index (χ3v) is 4.54. The van der Waals surface area contributed by atoms with Crippen molar-refractivity contribution in [1.82, 2.24) is 4.90 Å². The monoisotopic (exact) mass is 391 g/mol. The van der Waals surface area contributed by atoms with E-state index in [1.807, 2.05) is 35.7 Å². The molecule has 1 aromatic heterocycles. The molecule has 2 aromatic rings. The van der Waals surface area contributed by atoms with Crippen molar-refractivity contribution in [1.29, 1.82) is 0 Å². The molecule has 0 fully saturated rings. The maximum absolute atomic E-state index is 12.5. The zero-order valence-corrected chi connectivity index (χ0v) is 15.3. The van der Waals surface area contributed by atoms with Crippen LogP contribution in [0.15, 0.2) is 58.9 Å². The zero-order chi connectivity index (χ0) is 16.7. The highest BCUT2D eigenvalue weighted by Gasteiger charge is 2.11. The Morgan fingerprint density at radius 3 is 2.91 bits per heavy atom. The van der Waals surface area contributed by atoms with Crippen LogP contribution in [0.25, 0.3) is 6.08 Å². The van der Waals surface area contributed by atoms with E-state index in [-0.39, 0.29) is 5.91 Å². The Kier molecular flexibility index (Phi) is 6.62. The van der Waals surface area contributed by atoms with Crippen molar-refractivity contribution in [3.63, 3.8) is 0 Å². The highest BCUT2D eigenvalue weighted by atomic mass is 79.9. The molecule has 0 radical (unpaired) electrons. The largest absolute Gasteiger partial charge is 0.496 e. The van der Waals surface area contributed by atoms with Gasteiger partial charge in [0.25, 0.3) is 0 Å². The van der Waals surface area contributed by atoms with Gasteiger partial charge in [0.1, 0.15) is 5.75 Å². The van der Waals surface area contributed by atoms with Gasteiger partial charge in [-0.2, -0.15) is 0 Å². The summed E-state index contributed by atoms with van der Waals surface area (Å²) >= 11 is 5.07. The minimum Gasteiger partial charge on any atom is -0.496 e. The normalized spacial score (nSPS) is 10.7. The Hall–Kier alpha value is -1.85. The minimum absolute atomic E-state index is 0.0553. The Balaban J connectivity index is 2.14. The number of amides is 1. The fourth-order valence-electron chi connectivity index (χ4n) is 2.08. The van der Waals surface area contributed by atoms with Crippen LogP contribution in [-0.2, 0) is 11.3 Å². The molecule has 1 amide bonds. The van der Waals surface area contributed by atoms with Gasteiger partial charge in [-0.25, -0.2) is 0 Å². The van der Waals surface area contributed by atoms with E-state index in [0.717, 1.165) is 20.7 Å². The first-order valence-electron chi connectivity index (χ1n) is 7.08. The van der Waals surface area contributed by atoms with Gasteiger partial charge in [-0.15, -0.1) is 17.9 Å². The van der Waals surface area contributed by atoms with E-state index >= 15 is 0 Å². The van der Waals surface area contributed by atoms with Gasteiger partial charge in [0.2, 0.25) is 5.91 Å². The van der Waals surface area contributed by atoms with Crippen LogP contribution >= 0.6 is 27.3 Å². The molecule has 0 aliphatic rings. The van der Waals surface area contributed by atoms with Gasteiger partial charge in [-0.1, -0.05) is 28.1 Å². The van der Waals surface area contributed by atoms with Crippen LogP contribution in [0.3, 0.4) is 0 Å². The van der Waals surface area contributed by atoms with E-state index in [9.17, 15) is 4.79 Å². The van der Waals surface area contributed by atoms with E-state index in [4.69, 9.17) is 4.74 Å². The van der Waals surface area contributed by atoms with Crippen LogP contribution in [0.5, 0.6) is 5.75 Å². The number of hydrogen-bond acceptors (Lipinski definition) is 3. The molecule has 2 rings (SSSR count). The third-order valence-electron chi connectivity index (χ3n) is 3.19.